The lowest BCUT2D eigenvalue weighted by Gasteiger charge is -1.95. The van der Waals surface area contributed by atoms with Crippen molar-refractivity contribution in [3.63, 3.8) is 0 Å². The molecule has 1 aromatic rings. The summed E-state index contributed by atoms with van der Waals surface area (Å²) < 4.78 is 4.86. The molecule has 0 aliphatic heterocycles. The van der Waals surface area contributed by atoms with Gasteiger partial charge in [-0.1, -0.05) is 5.10 Å². The predicted octanol–water partition coefficient (Wildman–Crippen LogP) is 0.129. The molecule has 0 fully saturated rings. The Bertz CT molecular complexity index is 257. The van der Waals surface area contributed by atoms with Crippen molar-refractivity contribution in [1.29, 1.82) is 0 Å². The van der Waals surface area contributed by atoms with E-state index in [2.05, 4.69) is 20.8 Å². The molecule has 11 heavy (non-hydrogen) atoms. The van der Waals surface area contributed by atoms with Gasteiger partial charge in [-0.15, -0.1) is 5.10 Å². The van der Waals surface area contributed by atoms with Gasteiger partial charge in [0.25, 0.3) is 0 Å². The molecule has 0 unspecified atom stereocenters. The third-order valence-electron chi connectivity index (χ3n) is 0.974. The van der Waals surface area contributed by atoms with Gasteiger partial charge in [0, 0.05) is 14.0 Å². The van der Waals surface area contributed by atoms with Gasteiger partial charge in [0.2, 0.25) is 5.89 Å². The quantitative estimate of drug-likeness (QED) is 0.605. The van der Waals surface area contributed by atoms with Crippen LogP contribution in [-0.2, 0) is 0 Å². The summed E-state index contributed by atoms with van der Waals surface area (Å²) in [6, 6.07) is -0.282. The summed E-state index contributed by atoms with van der Waals surface area (Å²) in [5.74, 6) is 0.413. The molecule has 6 heteroatoms. The topological polar surface area (TPSA) is 80.0 Å². The summed E-state index contributed by atoms with van der Waals surface area (Å²) in [6.07, 6.45) is 0. The third kappa shape index (κ3) is 1.92. The van der Waals surface area contributed by atoms with Crippen LogP contribution in [-0.4, -0.2) is 23.3 Å². The molecule has 1 aromatic heterocycles. The largest absolute Gasteiger partial charge is 0.408 e. The molecule has 2 amide bonds. The molecule has 0 aliphatic carbocycles. The number of rotatable bonds is 1. The monoisotopic (exact) mass is 156 g/mol. The maximum absolute atomic E-state index is 10.6. The van der Waals surface area contributed by atoms with Crippen LogP contribution >= 0.6 is 0 Å². The lowest BCUT2D eigenvalue weighted by atomic mass is 10.8. The summed E-state index contributed by atoms with van der Waals surface area (Å²) >= 11 is 0. The maximum Gasteiger partial charge on any atom is 0.323 e. The van der Waals surface area contributed by atoms with Crippen molar-refractivity contribution in [3.05, 3.63) is 5.89 Å². The summed E-state index contributed by atoms with van der Waals surface area (Å²) in [7, 11) is 1.50. The Morgan fingerprint density at radius 3 is 2.73 bits per heavy atom. The summed E-state index contributed by atoms with van der Waals surface area (Å²) in [5.41, 5.74) is 0. The van der Waals surface area contributed by atoms with Gasteiger partial charge in [-0.3, -0.25) is 5.32 Å². The number of anilines is 1. The van der Waals surface area contributed by atoms with Crippen molar-refractivity contribution >= 4 is 12.0 Å². The van der Waals surface area contributed by atoms with E-state index in [0.29, 0.717) is 5.89 Å². The van der Waals surface area contributed by atoms with Crippen LogP contribution in [0.1, 0.15) is 5.89 Å². The molecular weight excluding hydrogens is 148 g/mol. The number of carbonyl (C=O) groups excluding carboxylic acids is 1. The highest BCUT2D eigenvalue weighted by Crippen LogP contribution is 2.02. The zero-order valence-corrected chi connectivity index (χ0v) is 6.21. The van der Waals surface area contributed by atoms with Gasteiger partial charge in [0.1, 0.15) is 0 Å². The molecule has 60 valence electrons. The van der Waals surface area contributed by atoms with Gasteiger partial charge in [0.15, 0.2) is 0 Å². The normalized spacial score (nSPS) is 9.27. The van der Waals surface area contributed by atoms with Crippen LogP contribution in [0.4, 0.5) is 10.8 Å². The maximum atomic E-state index is 10.6. The number of aryl methyl sites for hydroxylation is 1. The highest BCUT2D eigenvalue weighted by Gasteiger charge is 2.03. The molecular formula is C5H8N4O2. The average molecular weight is 156 g/mol. The second kappa shape index (κ2) is 3.00. The van der Waals surface area contributed by atoms with Crippen LogP contribution in [0.15, 0.2) is 4.42 Å². The van der Waals surface area contributed by atoms with E-state index < -0.39 is 0 Å². The van der Waals surface area contributed by atoms with E-state index in [0.717, 1.165) is 0 Å². The van der Waals surface area contributed by atoms with Gasteiger partial charge in [0.05, 0.1) is 0 Å². The lowest BCUT2D eigenvalue weighted by Crippen LogP contribution is -2.24. The molecule has 0 atom stereocenters. The Hall–Kier alpha value is -1.59. The fourth-order valence-electron chi connectivity index (χ4n) is 0.507. The third-order valence-corrected chi connectivity index (χ3v) is 0.974. The van der Waals surface area contributed by atoms with E-state index in [4.69, 9.17) is 4.42 Å². The van der Waals surface area contributed by atoms with E-state index >= 15 is 0 Å². The Kier molecular flexibility index (Phi) is 2.05. The predicted molar refractivity (Wildman–Crippen MR) is 37.1 cm³/mol. The number of nitrogens with one attached hydrogen (secondary N) is 2. The summed E-state index contributed by atoms with van der Waals surface area (Å²) in [4.78, 5) is 10.6. The van der Waals surface area contributed by atoms with Gasteiger partial charge < -0.3 is 9.73 Å². The minimum atomic E-state index is -0.381. The van der Waals surface area contributed by atoms with Crippen LogP contribution in [0.2, 0.25) is 0 Å². The van der Waals surface area contributed by atoms with E-state index in [1.807, 2.05) is 0 Å². The molecule has 0 spiro atoms. The Balaban J connectivity index is 2.57. The number of hydrogen-bond donors (Lipinski definition) is 2. The van der Waals surface area contributed by atoms with Gasteiger partial charge in [-0.25, -0.2) is 4.79 Å². The molecule has 0 aromatic carbocycles. The van der Waals surface area contributed by atoms with Crippen molar-refractivity contribution < 1.29 is 9.21 Å². The van der Waals surface area contributed by atoms with Gasteiger partial charge in [-0.05, 0) is 0 Å². The number of nitrogens with zero attached hydrogens (tertiary/aromatic N) is 2. The van der Waals surface area contributed by atoms with Gasteiger partial charge >= 0.3 is 12.0 Å². The van der Waals surface area contributed by atoms with Crippen LogP contribution in [0, 0.1) is 6.92 Å². The second-order valence-corrected chi connectivity index (χ2v) is 1.83. The van der Waals surface area contributed by atoms with Crippen molar-refractivity contribution in [1.82, 2.24) is 15.5 Å². The molecule has 0 saturated carbocycles. The van der Waals surface area contributed by atoms with Crippen LogP contribution in [0.3, 0.4) is 0 Å². The molecule has 1 heterocycles. The average Bonchev–Trinajstić information content (AvgIpc) is 2.35. The zero-order valence-electron chi connectivity index (χ0n) is 6.21. The Labute approximate surface area is 63.0 Å². The van der Waals surface area contributed by atoms with E-state index in [9.17, 15) is 4.79 Å². The SMILES string of the molecule is CNC(=O)Nc1nnc(C)o1. The minimum Gasteiger partial charge on any atom is -0.408 e. The van der Waals surface area contributed by atoms with Crippen molar-refractivity contribution in [2.75, 3.05) is 12.4 Å². The van der Waals surface area contributed by atoms with E-state index in [1.54, 1.807) is 6.92 Å². The standard InChI is InChI=1S/C5H8N4O2/c1-3-8-9-5(11-3)7-4(10)6-2/h1-2H3,(H2,6,7,9,10). The van der Waals surface area contributed by atoms with Crippen LogP contribution in [0.25, 0.3) is 0 Å². The summed E-state index contributed by atoms with van der Waals surface area (Å²) in [6.45, 7) is 1.64. The first-order valence-electron chi connectivity index (χ1n) is 3.01. The molecule has 6 nitrogen and oxygen atoms in total. The van der Waals surface area contributed by atoms with Crippen molar-refractivity contribution in [2.45, 2.75) is 6.92 Å². The zero-order chi connectivity index (χ0) is 8.27. The Morgan fingerprint density at radius 1 is 1.55 bits per heavy atom. The first kappa shape index (κ1) is 7.52. The smallest absolute Gasteiger partial charge is 0.323 e. The van der Waals surface area contributed by atoms with E-state index in [-0.39, 0.29) is 12.0 Å². The number of amides is 2. The lowest BCUT2D eigenvalue weighted by molar-refractivity contribution is 0.253. The molecule has 0 aliphatic rings. The van der Waals surface area contributed by atoms with E-state index in [1.165, 1.54) is 7.05 Å². The van der Waals surface area contributed by atoms with Crippen molar-refractivity contribution in [2.24, 2.45) is 0 Å². The molecule has 0 saturated heterocycles. The number of carbonyl (C=O) groups is 1. The van der Waals surface area contributed by atoms with Crippen LogP contribution < -0.4 is 10.6 Å². The minimum absolute atomic E-state index is 0.0989. The highest BCUT2D eigenvalue weighted by molar-refractivity contribution is 5.86. The summed E-state index contributed by atoms with van der Waals surface area (Å²) in [5, 5.41) is 11.7. The first-order valence-corrected chi connectivity index (χ1v) is 3.01. The fraction of sp³-hybridized carbons (Fsp3) is 0.400. The molecule has 2 N–H and O–H groups in total. The van der Waals surface area contributed by atoms with Gasteiger partial charge in [-0.2, -0.15) is 0 Å². The van der Waals surface area contributed by atoms with Crippen molar-refractivity contribution in [3.8, 4) is 0 Å². The Morgan fingerprint density at radius 2 is 2.27 bits per heavy atom. The van der Waals surface area contributed by atoms with Crippen LogP contribution in [0.5, 0.6) is 0 Å². The number of urea groups is 1. The molecule has 1 rings (SSSR count). The number of aromatic nitrogens is 2. The second-order valence-electron chi connectivity index (χ2n) is 1.83. The molecule has 0 bridgehead atoms. The molecule has 0 radical (unpaired) electrons. The first-order chi connectivity index (χ1) is 5.22. The fourth-order valence-corrected chi connectivity index (χ4v) is 0.507. The number of hydrogen-bond acceptors (Lipinski definition) is 4. The highest BCUT2D eigenvalue weighted by atomic mass is 16.4.